The Labute approximate surface area is 167 Å². The SMILES string of the molecule is C=CCn1c(SCC(=O)NC(=O)NCCCC)nnc1-c1ccc(Cl)cc1. The van der Waals surface area contributed by atoms with Crippen molar-refractivity contribution in [2.75, 3.05) is 12.3 Å². The van der Waals surface area contributed by atoms with Crippen molar-refractivity contribution >= 4 is 35.3 Å². The Bertz CT molecular complexity index is 792. The molecule has 27 heavy (non-hydrogen) atoms. The van der Waals surface area contributed by atoms with Gasteiger partial charge in [-0.05, 0) is 30.7 Å². The summed E-state index contributed by atoms with van der Waals surface area (Å²) in [5.74, 6) is 0.318. The summed E-state index contributed by atoms with van der Waals surface area (Å²) in [4.78, 5) is 23.6. The van der Waals surface area contributed by atoms with E-state index in [4.69, 9.17) is 11.6 Å². The Balaban J connectivity index is 2.00. The second kappa shape index (κ2) is 10.7. The molecule has 0 spiro atoms. The molecule has 1 aromatic heterocycles. The van der Waals surface area contributed by atoms with E-state index >= 15 is 0 Å². The van der Waals surface area contributed by atoms with Crippen LogP contribution in [0.15, 0.2) is 42.1 Å². The van der Waals surface area contributed by atoms with Gasteiger partial charge in [0.2, 0.25) is 5.91 Å². The predicted octanol–water partition coefficient (Wildman–Crippen LogP) is 3.50. The van der Waals surface area contributed by atoms with Gasteiger partial charge in [-0.25, -0.2) is 4.79 Å². The van der Waals surface area contributed by atoms with Crippen molar-refractivity contribution in [2.45, 2.75) is 31.5 Å². The molecule has 0 bridgehead atoms. The van der Waals surface area contributed by atoms with Gasteiger partial charge in [0.1, 0.15) is 0 Å². The van der Waals surface area contributed by atoms with E-state index < -0.39 is 11.9 Å². The number of urea groups is 1. The molecule has 0 aliphatic carbocycles. The van der Waals surface area contributed by atoms with Crippen LogP contribution >= 0.6 is 23.4 Å². The van der Waals surface area contributed by atoms with Gasteiger partial charge in [-0.1, -0.05) is 42.8 Å². The lowest BCUT2D eigenvalue weighted by Gasteiger charge is -2.08. The zero-order valence-electron chi connectivity index (χ0n) is 15.1. The summed E-state index contributed by atoms with van der Waals surface area (Å²) in [5, 5.41) is 14.5. The number of aromatic nitrogens is 3. The standard InChI is InChI=1S/C18H22ClN5O2S/c1-3-5-10-20-17(26)21-15(25)12-27-18-23-22-16(24(18)11-4-2)13-6-8-14(19)9-7-13/h4,6-9H,2-3,5,10-12H2,1H3,(H2,20,21,25,26). The molecule has 0 atom stereocenters. The average Bonchev–Trinajstić information content (AvgIpc) is 3.04. The normalized spacial score (nSPS) is 10.4. The van der Waals surface area contributed by atoms with E-state index in [0.29, 0.717) is 29.1 Å². The Morgan fingerprint density at radius 3 is 2.70 bits per heavy atom. The first-order chi connectivity index (χ1) is 13.0. The lowest BCUT2D eigenvalue weighted by atomic mass is 10.2. The Morgan fingerprint density at radius 1 is 1.30 bits per heavy atom. The molecule has 0 aliphatic rings. The molecule has 2 rings (SSSR count). The minimum absolute atomic E-state index is 0.0527. The summed E-state index contributed by atoms with van der Waals surface area (Å²) in [6.45, 7) is 6.82. The Kier molecular flexibility index (Phi) is 8.35. The van der Waals surface area contributed by atoms with E-state index in [9.17, 15) is 9.59 Å². The number of carbonyl (C=O) groups is 2. The van der Waals surface area contributed by atoms with Gasteiger partial charge in [-0.15, -0.1) is 16.8 Å². The number of rotatable bonds is 9. The lowest BCUT2D eigenvalue weighted by molar-refractivity contribution is -0.117. The highest BCUT2D eigenvalue weighted by atomic mass is 35.5. The van der Waals surface area contributed by atoms with Gasteiger partial charge in [-0.3, -0.25) is 14.7 Å². The van der Waals surface area contributed by atoms with Crippen molar-refractivity contribution in [1.29, 1.82) is 0 Å². The number of benzene rings is 1. The molecule has 1 aromatic carbocycles. The number of nitrogens with zero attached hydrogens (tertiary/aromatic N) is 3. The van der Waals surface area contributed by atoms with Crippen LogP contribution < -0.4 is 10.6 Å². The summed E-state index contributed by atoms with van der Waals surface area (Å²) in [6.07, 6.45) is 3.57. The van der Waals surface area contributed by atoms with Crippen LogP contribution in [0.1, 0.15) is 19.8 Å². The molecule has 1 heterocycles. The van der Waals surface area contributed by atoms with Crippen LogP contribution in [0.2, 0.25) is 5.02 Å². The molecule has 0 saturated carbocycles. The highest BCUT2D eigenvalue weighted by Crippen LogP contribution is 2.25. The van der Waals surface area contributed by atoms with E-state index in [0.717, 1.165) is 18.4 Å². The fraction of sp³-hybridized carbons (Fsp3) is 0.333. The molecule has 3 amide bonds. The number of hydrogen-bond acceptors (Lipinski definition) is 5. The summed E-state index contributed by atoms with van der Waals surface area (Å²) in [7, 11) is 0. The van der Waals surface area contributed by atoms with Crippen molar-refractivity contribution in [3.05, 3.63) is 41.9 Å². The van der Waals surface area contributed by atoms with Crippen LogP contribution in [0.5, 0.6) is 0 Å². The molecule has 7 nitrogen and oxygen atoms in total. The van der Waals surface area contributed by atoms with Crippen molar-refractivity contribution in [2.24, 2.45) is 0 Å². The van der Waals surface area contributed by atoms with Crippen LogP contribution in [0, 0.1) is 0 Å². The van der Waals surface area contributed by atoms with Crippen molar-refractivity contribution in [1.82, 2.24) is 25.4 Å². The molecule has 0 aliphatic heterocycles. The first-order valence-electron chi connectivity index (χ1n) is 8.55. The van der Waals surface area contributed by atoms with Gasteiger partial charge in [0.05, 0.1) is 5.75 Å². The maximum atomic E-state index is 12.0. The second-order valence-corrected chi connectivity index (χ2v) is 7.04. The molecule has 2 N–H and O–H groups in total. The number of imide groups is 1. The maximum absolute atomic E-state index is 12.0. The maximum Gasteiger partial charge on any atom is 0.321 e. The topological polar surface area (TPSA) is 88.9 Å². The fourth-order valence-electron chi connectivity index (χ4n) is 2.22. The van der Waals surface area contributed by atoms with Gasteiger partial charge in [-0.2, -0.15) is 0 Å². The van der Waals surface area contributed by atoms with Crippen molar-refractivity contribution < 1.29 is 9.59 Å². The van der Waals surface area contributed by atoms with E-state index in [-0.39, 0.29) is 5.75 Å². The lowest BCUT2D eigenvalue weighted by Crippen LogP contribution is -2.40. The third-order valence-electron chi connectivity index (χ3n) is 3.53. The number of nitrogens with one attached hydrogen (secondary N) is 2. The smallest absolute Gasteiger partial charge is 0.321 e. The molecule has 144 valence electrons. The molecular weight excluding hydrogens is 386 g/mol. The number of amides is 3. The van der Waals surface area contributed by atoms with Crippen LogP contribution in [0.3, 0.4) is 0 Å². The number of halogens is 1. The summed E-state index contributed by atoms with van der Waals surface area (Å²) in [6, 6.07) is 6.78. The van der Waals surface area contributed by atoms with Crippen LogP contribution in [0.25, 0.3) is 11.4 Å². The van der Waals surface area contributed by atoms with Gasteiger partial charge in [0.15, 0.2) is 11.0 Å². The van der Waals surface area contributed by atoms with Crippen LogP contribution in [-0.4, -0.2) is 39.0 Å². The van der Waals surface area contributed by atoms with Crippen LogP contribution in [-0.2, 0) is 11.3 Å². The first-order valence-corrected chi connectivity index (χ1v) is 9.92. The number of allylic oxidation sites excluding steroid dienone is 1. The molecular formula is C18H22ClN5O2S. The molecule has 0 radical (unpaired) electrons. The number of carbonyl (C=O) groups excluding carboxylic acids is 2. The summed E-state index contributed by atoms with van der Waals surface area (Å²) < 4.78 is 1.86. The molecule has 9 heteroatoms. The first kappa shape index (κ1) is 21.0. The Hall–Kier alpha value is -2.32. The fourth-order valence-corrected chi connectivity index (χ4v) is 3.09. The summed E-state index contributed by atoms with van der Waals surface area (Å²) in [5.41, 5.74) is 0.861. The highest BCUT2D eigenvalue weighted by molar-refractivity contribution is 7.99. The second-order valence-electron chi connectivity index (χ2n) is 5.66. The van der Waals surface area contributed by atoms with Gasteiger partial charge < -0.3 is 5.32 Å². The van der Waals surface area contributed by atoms with Gasteiger partial charge >= 0.3 is 6.03 Å². The summed E-state index contributed by atoms with van der Waals surface area (Å²) >= 11 is 7.14. The number of unbranched alkanes of at least 4 members (excludes halogenated alkanes) is 1. The predicted molar refractivity (Wildman–Crippen MR) is 108 cm³/mol. The van der Waals surface area contributed by atoms with Crippen molar-refractivity contribution in [3.8, 4) is 11.4 Å². The minimum atomic E-state index is -0.483. The number of thioether (sulfide) groups is 1. The minimum Gasteiger partial charge on any atom is -0.338 e. The Morgan fingerprint density at radius 2 is 2.04 bits per heavy atom. The highest BCUT2D eigenvalue weighted by Gasteiger charge is 2.15. The quantitative estimate of drug-likeness (QED) is 0.377. The van der Waals surface area contributed by atoms with Crippen molar-refractivity contribution in [3.63, 3.8) is 0 Å². The number of hydrogen-bond donors (Lipinski definition) is 2. The largest absolute Gasteiger partial charge is 0.338 e. The third kappa shape index (κ3) is 6.41. The zero-order chi connectivity index (χ0) is 19.6. The third-order valence-corrected chi connectivity index (χ3v) is 4.75. The van der Waals surface area contributed by atoms with E-state index in [1.807, 2.05) is 23.6 Å². The van der Waals surface area contributed by atoms with E-state index in [1.54, 1.807) is 18.2 Å². The average molecular weight is 408 g/mol. The molecule has 0 unspecified atom stereocenters. The van der Waals surface area contributed by atoms with Gasteiger partial charge in [0.25, 0.3) is 0 Å². The zero-order valence-corrected chi connectivity index (χ0v) is 16.6. The van der Waals surface area contributed by atoms with E-state index in [2.05, 4.69) is 27.4 Å². The molecule has 2 aromatic rings. The monoisotopic (exact) mass is 407 g/mol. The molecule has 0 fully saturated rings. The van der Waals surface area contributed by atoms with Gasteiger partial charge in [0, 0.05) is 23.7 Å². The van der Waals surface area contributed by atoms with Crippen LogP contribution in [0.4, 0.5) is 4.79 Å². The van der Waals surface area contributed by atoms with E-state index in [1.165, 1.54) is 11.8 Å². The molecule has 0 saturated heterocycles.